The molecule has 9 heteroatoms. The molecular formula is C18H20F3N3O3. The fourth-order valence-electron chi connectivity index (χ4n) is 2.95. The van der Waals surface area contributed by atoms with Gasteiger partial charge in [0.25, 0.3) is 5.91 Å². The summed E-state index contributed by atoms with van der Waals surface area (Å²) in [7, 11) is 0. The molecule has 3 rings (SSSR count). The predicted octanol–water partition coefficient (Wildman–Crippen LogP) is 3.67. The molecule has 146 valence electrons. The lowest BCUT2D eigenvalue weighted by molar-refractivity contribution is -0.159. The third-order valence-electron chi connectivity index (χ3n) is 4.26. The van der Waals surface area contributed by atoms with Crippen molar-refractivity contribution in [2.45, 2.75) is 45.0 Å². The molecule has 1 fully saturated rings. The summed E-state index contributed by atoms with van der Waals surface area (Å²) in [6.07, 6.45) is -2.61. The maximum absolute atomic E-state index is 12.6. The van der Waals surface area contributed by atoms with Crippen LogP contribution in [0, 0.1) is 0 Å². The zero-order valence-corrected chi connectivity index (χ0v) is 14.8. The molecule has 1 amide bonds. The molecule has 0 bridgehead atoms. The van der Waals surface area contributed by atoms with Gasteiger partial charge in [-0.1, -0.05) is 36.3 Å². The van der Waals surface area contributed by atoms with E-state index in [9.17, 15) is 18.0 Å². The normalized spacial score (nSPS) is 17.3. The Morgan fingerprint density at radius 1 is 1.30 bits per heavy atom. The van der Waals surface area contributed by atoms with E-state index in [-0.39, 0.29) is 17.8 Å². The van der Waals surface area contributed by atoms with Crippen molar-refractivity contribution in [1.82, 2.24) is 15.0 Å². The lowest BCUT2D eigenvalue weighted by Crippen LogP contribution is -2.38. The summed E-state index contributed by atoms with van der Waals surface area (Å²) in [4.78, 5) is 17.7. The van der Waals surface area contributed by atoms with Crippen molar-refractivity contribution in [2.24, 2.45) is 0 Å². The Balaban J connectivity index is 1.70. The first-order valence-electron chi connectivity index (χ1n) is 8.79. The number of nitrogens with zero attached hydrogens (tertiary/aromatic N) is 3. The van der Waals surface area contributed by atoms with Crippen LogP contribution < -0.4 is 0 Å². The number of hydrogen-bond donors (Lipinski definition) is 0. The van der Waals surface area contributed by atoms with Gasteiger partial charge >= 0.3 is 12.1 Å². The van der Waals surface area contributed by atoms with Gasteiger partial charge in [0.05, 0.1) is 0 Å². The van der Waals surface area contributed by atoms with Crippen LogP contribution in [0.5, 0.6) is 0 Å². The second-order valence-corrected chi connectivity index (χ2v) is 6.38. The zero-order chi connectivity index (χ0) is 19.4. The van der Waals surface area contributed by atoms with E-state index in [1.54, 1.807) is 29.2 Å². The number of rotatable bonds is 6. The maximum atomic E-state index is 12.6. The third-order valence-corrected chi connectivity index (χ3v) is 4.26. The second-order valence-electron chi connectivity index (χ2n) is 6.38. The predicted molar refractivity (Wildman–Crippen MR) is 89.4 cm³/mol. The van der Waals surface area contributed by atoms with Crippen LogP contribution >= 0.6 is 0 Å². The number of halogens is 3. The summed E-state index contributed by atoms with van der Waals surface area (Å²) in [6, 6.07) is 6.71. The molecule has 2 heterocycles. The molecule has 27 heavy (non-hydrogen) atoms. The summed E-state index contributed by atoms with van der Waals surface area (Å²) in [5.41, 5.74) is 1.27. The Kier molecular flexibility index (Phi) is 5.79. The van der Waals surface area contributed by atoms with Crippen molar-refractivity contribution >= 4 is 5.91 Å². The summed E-state index contributed by atoms with van der Waals surface area (Å²) in [5, 5.41) is 3.37. The highest BCUT2D eigenvalue weighted by atomic mass is 19.4. The van der Waals surface area contributed by atoms with Crippen LogP contribution in [0.25, 0.3) is 11.4 Å². The minimum absolute atomic E-state index is 0.0218. The number of carbonyl (C=O) groups excluding carboxylic acids is 1. The molecule has 1 unspecified atom stereocenters. The van der Waals surface area contributed by atoms with E-state index in [0.29, 0.717) is 25.3 Å². The quantitative estimate of drug-likeness (QED) is 0.761. The van der Waals surface area contributed by atoms with Gasteiger partial charge in [-0.15, -0.1) is 0 Å². The van der Waals surface area contributed by atoms with E-state index < -0.39 is 12.1 Å². The van der Waals surface area contributed by atoms with Gasteiger partial charge in [-0.2, -0.15) is 18.2 Å². The lowest BCUT2D eigenvalue weighted by Gasteiger charge is -2.25. The van der Waals surface area contributed by atoms with E-state index in [0.717, 1.165) is 24.8 Å². The highest BCUT2D eigenvalue weighted by molar-refractivity contribution is 5.81. The number of alkyl halides is 3. The second kappa shape index (κ2) is 8.08. The molecule has 0 radical (unpaired) electrons. The molecule has 6 nitrogen and oxygen atoms in total. The van der Waals surface area contributed by atoms with Crippen LogP contribution in [0.15, 0.2) is 28.8 Å². The van der Waals surface area contributed by atoms with Crippen LogP contribution in [0.3, 0.4) is 0 Å². The summed E-state index contributed by atoms with van der Waals surface area (Å²) in [6.45, 7) is 3.62. The van der Waals surface area contributed by atoms with E-state index in [2.05, 4.69) is 14.7 Å². The first-order chi connectivity index (χ1) is 12.9. The molecule has 2 aromatic rings. The first kappa shape index (κ1) is 19.3. The standard InChI is InChI=1S/C18H20F3N3O3/c1-2-9-24(16(25)14-4-3-10-26-14)11-12-5-7-13(8-6-12)15-22-17(27-23-15)18(19,20)21/h5-8,14H,2-4,9-11H2,1H3. The molecule has 0 spiro atoms. The molecular weight excluding hydrogens is 363 g/mol. The van der Waals surface area contributed by atoms with Crippen molar-refractivity contribution in [3.05, 3.63) is 35.7 Å². The molecule has 0 aliphatic carbocycles. The van der Waals surface area contributed by atoms with Crippen molar-refractivity contribution in [2.75, 3.05) is 13.2 Å². The molecule has 1 atom stereocenters. The highest BCUT2D eigenvalue weighted by Gasteiger charge is 2.38. The number of carbonyl (C=O) groups is 1. The van der Waals surface area contributed by atoms with Crippen molar-refractivity contribution < 1.29 is 27.2 Å². The van der Waals surface area contributed by atoms with Gasteiger partial charge in [-0.05, 0) is 24.8 Å². The number of benzene rings is 1. The van der Waals surface area contributed by atoms with Crippen LogP contribution in [0.2, 0.25) is 0 Å². The average Bonchev–Trinajstić information content (AvgIpc) is 3.33. The SMILES string of the molecule is CCCN(Cc1ccc(-c2noc(C(F)(F)F)n2)cc1)C(=O)C1CCCO1. The molecule has 0 N–H and O–H groups in total. The fourth-order valence-corrected chi connectivity index (χ4v) is 2.95. The zero-order valence-electron chi connectivity index (χ0n) is 14.8. The van der Waals surface area contributed by atoms with Crippen molar-refractivity contribution in [3.63, 3.8) is 0 Å². The molecule has 1 saturated heterocycles. The Morgan fingerprint density at radius 2 is 2.04 bits per heavy atom. The van der Waals surface area contributed by atoms with Crippen LogP contribution in [0.1, 0.15) is 37.6 Å². The van der Waals surface area contributed by atoms with Gasteiger partial charge in [0.1, 0.15) is 6.10 Å². The Hall–Kier alpha value is -2.42. The van der Waals surface area contributed by atoms with E-state index >= 15 is 0 Å². The van der Waals surface area contributed by atoms with E-state index in [4.69, 9.17) is 4.74 Å². The Bertz CT molecular complexity index is 768. The Morgan fingerprint density at radius 3 is 2.59 bits per heavy atom. The minimum atomic E-state index is -4.67. The molecule has 1 aromatic carbocycles. The van der Waals surface area contributed by atoms with Crippen LogP contribution in [-0.4, -0.2) is 40.2 Å². The van der Waals surface area contributed by atoms with Gasteiger partial charge in [-0.3, -0.25) is 4.79 Å². The van der Waals surface area contributed by atoms with E-state index in [1.807, 2.05) is 6.92 Å². The topological polar surface area (TPSA) is 68.5 Å². The number of aromatic nitrogens is 2. The molecule has 1 aliphatic heterocycles. The summed E-state index contributed by atoms with van der Waals surface area (Å²) < 4.78 is 47.4. The molecule has 0 saturated carbocycles. The Labute approximate surface area is 154 Å². The largest absolute Gasteiger partial charge is 0.471 e. The van der Waals surface area contributed by atoms with Crippen LogP contribution in [0.4, 0.5) is 13.2 Å². The maximum Gasteiger partial charge on any atom is 0.471 e. The number of amides is 1. The fraction of sp³-hybridized carbons (Fsp3) is 0.500. The third kappa shape index (κ3) is 4.65. The molecule has 1 aromatic heterocycles. The van der Waals surface area contributed by atoms with Crippen molar-refractivity contribution in [3.8, 4) is 11.4 Å². The van der Waals surface area contributed by atoms with E-state index in [1.165, 1.54) is 0 Å². The molecule has 1 aliphatic rings. The minimum Gasteiger partial charge on any atom is -0.368 e. The average molecular weight is 383 g/mol. The van der Waals surface area contributed by atoms with Gasteiger partial charge < -0.3 is 14.2 Å². The monoisotopic (exact) mass is 383 g/mol. The first-order valence-corrected chi connectivity index (χ1v) is 8.79. The lowest BCUT2D eigenvalue weighted by atomic mass is 10.1. The summed E-state index contributed by atoms with van der Waals surface area (Å²) >= 11 is 0. The van der Waals surface area contributed by atoms with Gasteiger partial charge in [0.15, 0.2) is 0 Å². The smallest absolute Gasteiger partial charge is 0.368 e. The van der Waals surface area contributed by atoms with Crippen LogP contribution in [-0.2, 0) is 22.3 Å². The number of ether oxygens (including phenoxy) is 1. The van der Waals surface area contributed by atoms with Gasteiger partial charge in [0.2, 0.25) is 5.82 Å². The highest BCUT2D eigenvalue weighted by Crippen LogP contribution is 2.29. The van der Waals surface area contributed by atoms with Gasteiger partial charge in [-0.25, -0.2) is 0 Å². The number of hydrogen-bond acceptors (Lipinski definition) is 5. The van der Waals surface area contributed by atoms with Gasteiger partial charge in [0, 0.05) is 25.3 Å². The van der Waals surface area contributed by atoms with Crippen molar-refractivity contribution in [1.29, 1.82) is 0 Å². The summed E-state index contributed by atoms with van der Waals surface area (Å²) in [5.74, 6) is -1.53.